The highest BCUT2D eigenvalue weighted by Gasteiger charge is 2.34. The smallest absolute Gasteiger partial charge is 0.111 e. The van der Waals surface area contributed by atoms with Crippen molar-refractivity contribution in [3.8, 4) is 0 Å². The molecule has 0 saturated heterocycles. The van der Waals surface area contributed by atoms with Crippen molar-refractivity contribution in [2.75, 3.05) is 6.54 Å². The summed E-state index contributed by atoms with van der Waals surface area (Å²) in [5, 5.41) is 15.7. The van der Waals surface area contributed by atoms with E-state index in [1.807, 2.05) is 6.07 Å². The van der Waals surface area contributed by atoms with Crippen molar-refractivity contribution in [1.29, 1.82) is 0 Å². The highest BCUT2D eigenvalue weighted by atomic mass is 16.3. The standard InChI is InChI=1S/C23H26N2O/c1-14(2)21-23(26)18(13-24-21)20(16-9-5-4-6-10-16)22-15(3)17-11-7-8-12-19(17)25-22/h4-12,14,20-21,24-26H,13H2,1-3H3. The van der Waals surface area contributed by atoms with Crippen molar-refractivity contribution in [2.24, 2.45) is 5.92 Å². The summed E-state index contributed by atoms with van der Waals surface area (Å²) in [4.78, 5) is 3.63. The third kappa shape index (κ3) is 2.73. The van der Waals surface area contributed by atoms with Crippen molar-refractivity contribution < 1.29 is 5.11 Å². The fourth-order valence-corrected chi connectivity index (χ4v) is 4.19. The molecule has 2 atom stereocenters. The molecular weight excluding hydrogens is 320 g/mol. The molecule has 0 amide bonds. The molecule has 0 spiro atoms. The molecular formula is C23H26N2O. The van der Waals surface area contributed by atoms with E-state index in [0.29, 0.717) is 18.2 Å². The zero-order chi connectivity index (χ0) is 18.3. The number of para-hydroxylation sites is 1. The first-order valence-electron chi connectivity index (χ1n) is 9.35. The predicted octanol–water partition coefficient (Wildman–Crippen LogP) is 5.05. The number of H-pyrrole nitrogens is 1. The molecule has 3 aromatic rings. The van der Waals surface area contributed by atoms with Crippen LogP contribution in [-0.2, 0) is 0 Å². The Balaban J connectivity index is 1.91. The molecule has 0 fully saturated rings. The Kier molecular flexibility index (Phi) is 4.33. The zero-order valence-corrected chi connectivity index (χ0v) is 15.6. The second kappa shape index (κ2) is 6.65. The molecule has 1 aliphatic heterocycles. The molecule has 3 heteroatoms. The molecule has 2 heterocycles. The van der Waals surface area contributed by atoms with E-state index in [-0.39, 0.29) is 12.0 Å². The molecule has 26 heavy (non-hydrogen) atoms. The highest BCUT2D eigenvalue weighted by molar-refractivity contribution is 5.85. The summed E-state index contributed by atoms with van der Waals surface area (Å²) in [7, 11) is 0. The first-order chi connectivity index (χ1) is 12.6. The van der Waals surface area contributed by atoms with Crippen molar-refractivity contribution >= 4 is 10.9 Å². The Hall–Kier alpha value is -2.52. The van der Waals surface area contributed by atoms with Crippen molar-refractivity contribution in [2.45, 2.75) is 32.7 Å². The van der Waals surface area contributed by atoms with Gasteiger partial charge in [0.2, 0.25) is 0 Å². The van der Waals surface area contributed by atoms with Gasteiger partial charge in [0.25, 0.3) is 0 Å². The van der Waals surface area contributed by atoms with Crippen molar-refractivity contribution in [3.05, 3.63) is 82.8 Å². The van der Waals surface area contributed by atoms with Gasteiger partial charge in [-0.15, -0.1) is 0 Å². The van der Waals surface area contributed by atoms with Crippen molar-refractivity contribution in [1.82, 2.24) is 10.3 Å². The van der Waals surface area contributed by atoms with Gasteiger partial charge in [-0.3, -0.25) is 0 Å². The van der Waals surface area contributed by atoms with Gasteiger partial charge in [0.05, 0.1) is 12.0 Å². The van der Waals surface area contributed by atoms with Crippen LogP contribution >= 0.6 is 0 Å². The number of fused-ring (bicyclic) bond motifs is 1. The molecule has 4 rings (SSSR count). The number of aliphatic hydroxyl groups excluding tert-OH is 1. The lowest BCUT2D eigenvalue weighted by Crippen LogP contribution is -2.30. The number of aromatic amines is 1. The van der Waals surface area contributed by atoms with Crippen LogP contribution in [0.2, 0.25) is 0 Å². The second-order valence-corrected chi connectivity index (χ2v) is 7.57. The fraction of sp³-hybridized carbons (Fsp3) is 0.304. The van der Waals surface area contributed by atoms with Crippen LogP contribution in [0.25, 0.3) is 10.9 Å². The van der Waals surface area contributed by atoms with E-state index in [4.69, 9.17) is 0 Å². The summed E-state index contributed by atoms with van der Waals surface area (Å²) in [6, 6.07) is 18.9. The Morgan fingerprint density at radius 1 is 1.00 bits per heavy atom. The summed E-state index contributed by atoms with van der Waals surface area (Å²) in [5.74, 6) is 0.888. The summed E-state index contributed by atoms with van der Waals surface area (Å²) < 4.78 is 0. The maximum absolute atomic E-state index is 11.0. The number of benzene rings is 2. The fourth-order valence-electron chi connectivity index (χ4n) is 4.19. The summed E-state index contributed by atoms with van der Waals surface area (Å²) >= 11 is 0. The first-order valence-corrected chi connectivity index (χ1v) is 9.35. The van der Waals surface area contributed by atoms with Crippen LogP contribution < -0.4 is 5.32 Å². The SMILES string of the molecule is Cc1c(C(C2=C(O)C(C(C)C)NC2)c2ccccc2)[nH]c2ccccc12. The molecule has 1 aromatic heterocycles. The largest absolute Gasteiger partial charge is 0.511 e. The third-order valence-electron chi connectivity index (χ3n) is 5.58. The number of nitrogens with one attached hydrogen (secondary N) is 2. The molecule has 1 aliphatic rings. The second-order valence-electron chi connectivity index (χ2n) is 7.57. The number of rotatable bonds is 4. The van der Waals surface area contributed by atoms with Gasteiger partial charge in [0.15, 0.2) is 0 Å². The predicted molar refractivity (Wildman–Crippen MR) is 108 cm³/mol. The third-order valence-corrected chi connectivity index (χ3v) is 5.58. The summed E-state index contributed by atoms with van der Waals surface area (Å²) in [6.07, 6.45) is 0. The minimum absolute atomic E-state index is 0.0276. The van der Waals surface area contributed by atoms with E-state index in [1.165, 1.54) is 22.2 Å². The summed E-state index contributed by atoms with van der Waals surface area (Å²) in [5.41, 5.74) is 5.85. The van der Waals surface area contributed by atoms with E-state index in [9.17, 15) is 5.11 Å². The van der Waals surface area contributed by atoms with E-state index >= 15 is 0 Å². The van der Waals surface area contributed by atoms with Crippen LogP contribution in [0.4, 0.5) is 0 Å². The minimum atomic E-state index is 0.0276. The van der Waals surface area contributed by atoms with Gasteiger partial charge in [-0.1, -0.05) is 62.4 Å². The van der Waals surface area contributed by atoms with Gasteiger partial charge in [0.1, 0.15) is 5.76 Å². The van der Waals surface area contributed by atoms with Crippen LogP contribution in [0.1, 0.15) is 36.6 Å². The molecule has 0 bridgehead atoms. The van der Waals surface area contributed by atoms with Crippen LogP contribution in [0.15, 0.2) is 65.9 Å². The normalized spacial score (nSPS) is 18.8. The summed E-state index contributed by atoms with van der Waals surface area (Å²) in [6.45, 7) is 7.16. The van der Waals surface area contributed by atoms with Crippen molar-refractivity contribution in [3.63, 3.8) is 0 Å². The van der Waals surface area contributed by atoms with Gasteiger partial charge < -0.3 is 15.4 Å². The molecule has 134 valence electrons. The molecule has 2 aromatic carbocycles. The van der Waals surface area contributed by atoms with Gasteiger partial charge in [-0.2, -0.15) is 0 Å². The zero-order valence-electron chi connectivity index (χ0n) is 15.6. The Morgan fingerprint density at radius 2 is 1.69 bits per heavy atom. The van der Waals surface area contributed by atoms with Crippen LogP contribution in [0.3, 0.4) is 0 Å². The van der Waals surface area contributed by atoms with Gasteiger partial charge in [-0.25, -0.2) is 0 Å². The maximum Gasteiger partial charge on any atom is 0.111 e. The minimum Gasteiger partial charge on any atom is -0.511 e. The Bertz CT molecular complexity index is 953. The molecule has 0 saturated carbocycles. The number of hydrogen-bond acceptors (Lipinski definition) is 2. The van der Waals surface area contributed by atoms with Gasteiger partial charge in [0, 0.05) is 23.1 Å². The highest BCUT2D eigenvalue weighted by Crippen LogP contribution is 2.39. The number of hydrogen-bond donors (Lipinski definition) is 3. The van der Waals surface area contributed by atoms with Gasteiger partial charge >= 0.3 is 0 Å². The van der Waals surface area contributed by atoms with E-state index in [1.54, 1.807) is 0 Å². The van der Waals surface area contributed by atoms with Crippen LogP contribution in [0, 0.1) is 12.8 Å². The lowest BCUT2D eigenvalue weighted by molar-refractivity contribution is 0.320. The topological polar surface area (TPSA) is 48.0 Å². The van der Waals surface area contributed by atoms with Crippen LogP contribution in [-0.4, -0.2) is 22.7 Å². The lowest BCUT2D eigenvalue weighted by atomic mass is 9.85. The average molecular weight is 346 g/mol. The molecule has 3 nitrogen and oxygen atoms in total. The molecule has 0 aliphatic carbocycles. The molecule has 0 radical (unpaired) electrons. The molecule has 3 N–H and O–H groups in total. The van der Waals surface area contributed by atoms with E-state index in [2.05, 4.69) is 79.6 Å². The van der Waals surface area contributed by atoms with E-state index < -0.39 is 0 Å². The Morgan fingerprint density at radius 3 is 2.35 bits per heavy atom. The monoisotopic (exact) mass is 346 g/mol. The van der Waals surface area contributed by atoms with Crippen LogP contribution in [0.5, 0.6) is 0 Å². The quantitative estimate of drug-likeness (QED) is 0.619. The lowest BCUT2D eigenvalue weighted by Gasteiger charge is -2.20. The maximum atomic E-state index is 11.0. The number of aromatic nitrogens is 1. The Labute approximate surface area is 154 Å². The first kappa shape index (κ1) is 16.9. The van der Waals surface area contributed by atoms with Gasteiger partial charge in [-0.05, 0) is 35.6 Å². The molecule has 2 unspecified atom stereocenters. The average Bonchev–Trinajstić information content (AvgIpc) is 3.18. The number of aliphatic hydroxyl groups is 1. The number of aryl methyl sites for hydroxylation is 1. The van der Waals surface area contributed by atoms with E-state index in [0.717, 1.165) is 11.1 Å².